The number of nitrogens with zero attached hydrogens (tertiary/aromatic N) is 1. The van der Waals surface area contributed by atoms with Gasteiger partial charge in [-0.2, -0.15) is 0 Å². The van der Waals surface area contributed by atoms with Gasteiger partial charge in [-0.15, -0.1) is 0 Å². The van der Waals surface area contributed by atoms with E-state index in [1.54, 1.807) is 39.1 Å². The number of aliphatic carboxylic acids is 1. The number of carboxylic acids is 1. The predicted octanol–water partition coefficient (Wildman–Crippen LogP) is 2.14. The van der Waals surface area contributed by atoms with Gasteiger partial charge in [-0.25, -0.2) is 4.39 Å². The van der Waals surface area contributed by atoms with Crippen LogP contribution in [0.4, 0.5) is 4.39 Å². The molecule has 1 fully saturated rings. The first-order chi connectivity index (χ1) is 9.26. The monoisotopic (exact) mass is 279 g/mol. The van der Waals surface area contributed by atoms with Gasteiger partial charge in [0.05, 0.1) is 11.8 Å². The molecule has 1 N–H and O–H groups in total. The molecule has 0 saturated heterocycles. The van der Waals surface area contributed by atoms with E-state index in [0.29, 0.717) is 5.56 Å². The fraction of sp³-hybridized carbons (Fsp3) is 0.467. The van der Waals surface area contributed by atoms with Crippen LogP contribution in [0.25, 0.3) is 0 Å². The molecule has 1 aromatic rings. The molecule has 5 heteroatoms. The second kappa shape index (κ2) is 4.89. The van der Waals surface area contributed by atoms with Crippen molar-refractivity contribution in [2.75, 3.05) is 7.05 Å². The lowest BCUT2D eigenvalue weighted by Crippen LogP contribution is -2.30. The van der Waals surface area contributed by atoms with Gasteiger partial charge >= 0.3 is 5.97 Å². The van der Waals surface area contributed by atoms with Crippen molar-refractivity contribution in [3.8, 4) is 0 Å². The number of carbonyl (C=O) groups excluding carboxylic acids is 1. The zero-order chi connectivity index (χ0) is 15.1. The van der Waals surface area contributed by atoms with Crippen molar-refractivity contribution in [3.05, 3.63) is 35.6 Å². The molecule has 20 heavy (non-hydrogen) atoms. The van der Waals surface area contributed by atoms with Crippen LogP contribution < -0.4 is 0 Å². The minimum absolute atomic E-state index is 0.143. The Morgan fingerprint density at radius 1 is 1.30 bits per heavy atom. The van der Waals surface area contributed by atoms with Gasteiger partial charge in [0.25, 0.3) is 0 Å². The number of hydrogen-bond donors (Lipinski definition) is 1. The first kappa shape index (κ1) is 14.5. The van der Waals surface area contributed by atoms with E-state index in [4.69, 9.17) is 5.11 Å². The van der Waals surface area contributed by atoms with Crippen molar-refractivity contribution >= 4 is 11.9 Å². The normalized spacial score (nSPS) is 23.2. The number of hydrogen-bond acceptors (Lipinski definition) is 2. The molecule has 1 aliphatic rings. The highest BCUT2D eigenvalue weighted by molar-refractivity contribution is 5.91. The molecule has 4 nitrogen and oxygen atoms in total. The van der Waals surface area contributed by atoms with Crippen LogP contribution in [-0.2, 0) is 16.1 Å². The molecule has 0 spiro atoms. The van der Waals surface area contributed by atoms with Gasteiger partial charge in [-0.3, -0.25) is 9.59 Å². The SMILES string of the molecule is CN(Cc1ccccc1F)C(=O)C1C(C(=O)O)C1(C)C. The Labute approximate surface area is 117 Å². The molecule has 1 aliphatic carbocycles. The lowest BCUT2D eigenvalue weighted by Gasteiger charge is -2.18. The summed E-state index contributed by atoms with van der Waals surface area (Å²) in [6.45, 7) is 3.68. The molecule has 2 atom stereocenters. The maximum atomic E-state index is 13.6. The van der Waals surface area contributed by atoms with Gasteiger partial charge in [0, 0.05) is 19.2 Å². The summed E-state index contributed by atoms with van der Waals surface area (Å²) >= 11 is 0. The van der Waals surface area contributed by atoms with Crippen LogP contribution in [0, 0.1) is 23.1 Å². The van der Waals surface area contributed by atoms with Crippen LogP contribution in [0.3, 0.4) is 0 Å². The summed E-state index contributed by atoms with van der Waals surface area (Å²) in [5, 5.41) is 9.09. The van der Waals surface area contributed by atoms with Crippen LogP contribution in [0.1, 0.15) is 19.4 Å². The first-order valence-electron chi connectivity index (χ1n) is 6.48. The van der Waals surface area contributed by atoms with E-state index in [1.807, 2.05) is 0 Å². The molecule has 0 bridgehead atoms. The largest absolute Gasteiger partial charge is 0.481 e. The molecule has 0 aromatic heterocycles. The quantitative estimate of drug-likeness (QED) is 0.918. The van der Waals surface area contributed by atoms with E-state index in [0.717, 1.165) is 0 Å². The van der Waals surface area contributed by atoms with Gasteiger partial charge in [0.2, 0.25) is 5.91 Å². The predicted molar refractivity (Wildman–Crippen MR) is 71.3 cm³/mol. The van der Waals surface area contributed by atoms with Crippen LogP contribution in [0.15, 0.2) is 24.3 Å². The van der Waals surface area contributed by atoms with Crippen LogP contribution in [-0.4, -0.2) is 28.9 Å². The molecule has 1 saturated carbocycles. The second-order valence-corrected chi connectivity index (χ2v) is 5.90. The van der Waals surface area contributed by atoms with Crippen LogP contribution >= 0.6 is 0 Å². The van der Waals surface area contributed by atoms with E-state index in [9.17, 15) is 14.0 Å². The topological polar surface area (TPSA) is 57.6 Å². The second-order valence-electron chi connectivity index (χ2n) is 5.90. The van der Waals surface area contributed by atoms with Gasteiger partial charge in [-0.1, -0.05) is 32.0 Å². The molecule has 1 aromatic carbocycles. The van der Waals surface area contributed by atoms with E-state index >= 15 is 0 Å². The van der Waals surface area contributed by atoms with E-state index in [2.05, 4.69) is 0 Å². The molecular formula is C15H18FNO3. The lowest BCUT2D eigenvalue weighted by atomic mass is 10.1. The molecule has 0 radical (unpaired) electrons. The average Bonchev–Trinajstić information content (AvgIpc) is 2.94. The Kier molecular flexibility index (Phi) is 3.54. The van der Waals surface area contributed by atoms with E-state index < -0.39 is 23.2 Å². The highest BCUT2D eigenvalue weighted by Crippen LogP contribution is 2.58. The molecule has 0 aliphatic heterocycles. The summed E-state index contributed by atoms with van der Waals surface area (Å²) in [6.07, 6.45) is 0. The smallest absolute Gasteiger partial charge is 0.307 e. The third-order valence-corrected chi connectivity index (χ3v) is 4.10. The van der Waals surface area contributed by atoms with Crippen LogP contribution in [0.5, 0.6) is 0 Å². The standard InChI is InChI=1S/C15H18FNO3/c1-15(2)11(12(15)14(19)20)13(18)17(3)8-9-6-4-5-7-10(9)16/h4-7,11-12H,8H2,1-3H3,(H,19,20). The van der Waals surface area contributed by atoms with Gasteiger partial charge in [-0.05, 0) is 11.5 Å². The highest BCUT2D eigenvalue weighted by atomic mass is 19.1. The van der Waals surface area contributed by atoms with Gasteiger partial charge < -0.3 is 10.0 Å². The van der Waals surface area contributed by atoms with Crippen molar-refractivity contribution in [1.29, 1.82) is 0 Å². The number of carboxylic acid groups (broad SMARTS) is 1. The number of halogens is 1. The third-order valence-electron chi connectivity index (χ3n) is 4.10. The van der Waals surface area contributed by atoms with Crippen molar-refractivity contribution in [1.82, 2.24) is 4.90 Å². The Hall–Kier alpha value is -1.91. The average molecular weight is 279 g/mol. The summed E-state index contributed by atoms with van der Waals surface area (Å²) in [7, 11) is 1.57. The molecule has 1 amide bonds. The van der Waals surface area contributed by atoms with Crippen molar-refractivity contribution in [2.24, 2.45) is 17.3 Å². The summed E-state index contributed by atoms with van der Waals surface area (Å²) < 4.78 is 13.6. The number of carbonyl (C=O) groups is 2. The molecular weight excluding hydrogens is 261 g/mol. The van der Waals surface area contributed by atoms with Crippen molar-refractivity contribution in [3.63, 3.8) is 0 Å². The number of benzene rings is 1. The summed E-state index contributed by atoms with van der Waals surface area (Å²) in [4.78, 5) is 24.8. The summed E-state index contributed by atoms with van der Waals surface area (Å²) in [5.41, 5.74) is -0.111. The fourth-order valence-corrected chi connectivity index (χ4v) is 2.76. The molecule has 2 unspecified atom stereocenters. The maximum absolute atomic E-state index is 13.6. The zero-order valence-corrected chi connectivity index (χ0v) is 11.8. The van der Waals surface area contributed by atoms with E-state index in [1.165, 1.54) is 11.0 Å². The Morgan fingerprint density at radius 2 is 1.90 bits per heavy atom. The first-order valence-corrected chi connectivity index (χ1v) is 6.48. The third kappa shape index (κ3) is 2.40. The van der Waals surface area contributed by atoms with E-state index in [-0.39, 0.29) is 18.3 Å². The number of amides is 1. The fourth-order valence-electron chi connectivity index (χ4n) is 2.76. The Bertz CT molecular complexity index is 556. The summed E-state index contributed by atoms with van der Waals surface area (Å²) in [5.74, 6) is -2.75. The minimum Gasteiger partial charge on any atom is -0.481 e. The lowest BCUT2D eigenvalue weighted by molar-refractivity contribution is -0.141. The Balaban J connectivity index is 2.08. The number of rotatable bonds is 4. The van der Waals surface area contributed by atoms with Crippen molar-refractivity contribution < 1.29 is 19.1 Å². The molecule has 2 rings (SSSR count). The summed E-state index contributed by atoms with van der Waals surface area (Å²) in [6, 6.07) is 6.25. The molecule has 0 heterocycles. The highest BCUT2D eigenvalue weighted by Gasteiger charge is 2.66. The van der Waals surface area contributed by atoms with Crippen molar-refractivity contribution in [2.45, 2.75) is 20.4 Å². The Morgan fingerprint density at radius 3 is 2.40 bits per heavy atom. The maximum Gasteiger partial charge on any atom is 0.307 e. The molecule has 108 valence electrons. The van der Waals surface area contributed by atoms with Crippen LogP contribution in [0.2, 0.25) is 0 Å². The zero-order valence-electron chi connectivity index (χ0n) is 11.8. The minimum atomic E-state index is -0.951. The van der Waals surface area contributed by atoms with Gasteiger partial charge in [0.1, 0.15) is 5.82 Å². The van der Waals surface area contributed by atoms with Gasteiger partial charge in [0.15, 0.2) is 0 Å².